The molecule has 148 valence electrons. The fourth-order valence-corrected chi connectivity index (χ4v) is 4.35. The highest BCUT2D eigenvalue weighted by atomic mass is 32.2. The second-order valence-electron chi connectivity index (χ2n) is 8.21. The number of carbonyl (C=O) groups is 1. The summed E-state index contributed by atoms with van der Waals surface area (Å²) in [5.41, 5.74) is 2.48. The van der Waals surface area contributed by atoms with Crippen molar-refractivity contribution >= 4 is 17.7 Å². The molecule has 1 amide bonds. The van der Waals surface area contributed by atoms with Gasteiger partial charge in [0, 0.05) is 11.6 Å². The minimum Gasteiger partial charge on any atom is -0.344 e. The van der Waals surface area contributed by atoms with Crippen molar-refractivity contribution in [3.63, 3.8) is 0 Å². The predicted molar refractivity (Wildman–Crippen MR) is 114 cm³/mol. The zero-order valence-corrected chi connectivity index (χ0v) is 17.7. The van der Waals surface area contributed by atoms with Gasteiger partial charge in [-0.05, 0) is 23.8 Å². The van der Waals surface area contributed by atoms with E-state index in [0.717, 1.165) is 29.4 Å². The van der Waals surface area contributed by atoms with Crippen LogP contribution in [-0.4, -0.2) is 33.0 Å². The Hall–Kier alpha value is -2.26. The van der Waals surface area contributed by atoms with E-state index in [2.05, 4.69) is 71.0 Å². The molecule has 6 heteroatoms. The summed E-state index contributed by atoms with van der Waals surface area (Å²) in [5, 5.41) is 12.4. The van der Waals surface area contributed by atoms with Crippen LogP contribution in [0, 0.1) is 12.3 Å². The van der Waals surface area contributed by atoms with Crippen LogP contribution in [0.1, 0.15) is 58.1 Å². The molecule has 0 bridgehead atoms. The number of benzene rings is 1. The van der Waals surface area contributed by atoms with Crippen LogP contribution < -0.4 is 5.32 Å². The third-order valence-electron chi connectivity index (χ3n) is 5.08. The third-order valence-corrected chi connectivity index (χ3v) is 6.03. The average Bonchev–Trinajstić information content (AvgIpc) is 3.33. The maximum absolute atomic E-state index is 11.9. The summed E-state index contributed by atoms with van der Waals surface area (Å²) in [6, 6.07) is 8.99. The first-order valence-corrected chi connectivity index (χ1v) is 10.8. The van der Waals surface area contributed by atoms with Crippen LogP contribution in [0.2, 0.25) is 0 Å². The summed E-state index contributed by atoms with van der Waals surface area (Å²) in [6.45, 7) is 6.88. The monoisotopic (exact) mass is 396 g/mol. The minimum absolute atomic E-state index is 0.0833. The van der Waals surface area contributed by atoms with Crippen molar-refractivity contribution in [2.24, 2.45) is 0 Å². The highest BCUT2D eigenvalue weighted by Crippen LogP contribution is 2.37. The Morgan fingerprint density at radius 3 is 2.54 bits per heavy atom. The summed E-state index contributed by atoms with van der Waals surface area (Å²) >= 11 is 1.42. The van der Waals surface area contributed by atoms with Crippen molar-refractivity contribution in [1.29, 1.82) is 0 Å². The van der Waals surface area contributed by atoms with E-state index in [4.69, 9.17) is 6.42 Å². The van der Waals surface area contributed by atoms with Crippen molar-refractivity contribution in [1.82, 2.24) is 20.1 Å². The normalized spacial score (nSPS) is 14.8. The fourth-order valence-electron chi connectivity index (χ4n) is 3.51. The largest absolute Gasteiger partial charge is 0.344 e. The number of rotatable bonds is 6. The number of nitrogens with zero attached hydrogens (tertiary/aromatic N) is 3. The van der Waals surface area contributed by atoms with E-state index in [0.29, 0.717) is 6.04 Å². The highest BCUT2D eigenvalue weighted by Gasteiger charge is 2.25. The van der Waals surface area contributed by atoms with E-state index in [-0.39, 0.29) is 23.6 Å². The summed E-state index contributed by atoms with van der Waals surface area (Å²) < 4.78 is 2.23. The number of thioether (sulfide) groups is 1. The lowest BCUT2D eigenvalue weighted by molar-refractivity contribution is -0.118. The van der Waals surface area contributed by atoms with Gasteiger partial charge in [-0.25, -0.2) is 0 Å². The van der Waals surface area contributed by atoms with Gasteiger partial charge in [-0.15, -0.1) is 16.6 Å². The molecule has 0 radical (unpaired) electrons. The molecule has 0 atom stereocenters. The number of hydrogen-bond acceptors (Lipinski definition) is 4. The van der Waals surface area contributed by atoms with Gasteiger partial charge in [0.15, 0.2) is 11.0 Å². The van der Waals surface area contributed by atoms with E-state index < -0.39 is 0 Å². The van der Waals surface area contributed by atoms with Crippen molar-refractivity contribution < 1.29 is 4.79 Å². The van der Waals surface area contributed by atoms with Gasteiger partial charge in [0.05, 0.1) is 12.3 Å². The van der Waals surface area contributed by atoms with Crippen LogP contribution in [0.4, 0.5) is 0 Å². The molecule has 1 aliphatic carbocycles. The standard InChI is InChI=1S/C22H28N4OS/c1-5-14-23-19(27)15-28-21-25-24-20(26(21)18-8-6-7-9-18)16-10-12-17(13-11-16)22(2,3)4/h1,10-13,18H,6-9,14-15H2,2-4H3,(H,23,27). The molecule has 3 rings (SSSR count). The van der Waals surface area contributed by atoms with E-state index in [9.17, 15) is 4.79 Å². The molecule has 2 aromatic rings. The zero-order chi connectivity index (χ0) is 20.1. The number of hydrogen-bond donors (Lipinski definition) is 1. The Labute approximate surface area is 171 Å². The number of terminal acetylenes is 1. The van der Waals surface area contributed by atoms with Crippen LogP contribution in [0.3, 0.4) is 0 Å². The van der Waals surface area contributed by atoms with Gasteiger partial charge in [0.2, 0.25) is 5.91 Å². The quantitative estimate of drug-likeness (QED) is 0.587. The molecule has 0 spiro atoms. The summed E-state index contributed by atoms with van der Waals surface area (Å²) in [6.07, 6.45) is 9.89. The molecule has 0 aliphatic heterocycles. The molecule has 1 N–H and O–H groups in total. The summed E-state index contributed by atoms with van der Waals surface area (Å²) in [7, 11) is 0. The van der Waals surface area contributed by atoms with E-state index in [1.165, 1.54) is 30.2 Å². The number of aromatic nitrogens is 3. The topological polar surface area (TPSA) is 59.8 Å². The van der Waals surface area contributed by atoms with Crippen molar-refractivity contribution in [2.45, 2.75) is 63.1 Å². The molecule has 1 aromatic heterocycles. The van der Waals surface area contributed by atoms with Crippen molar-refractivity contribution in [2.75, 3.05) is 12.3 Å². The molecule has 28 heavy (non-hydrogen) atoms. The van der Waals surface area contributed by atoms with Gasteiger partial charge in [-0.1, -0.05) is 75.6 Å². The minimum atomic E-state index is -0.0833. The lowest BCUT2D eigenvalue weighted by Crippen LogP contribution is -2.25. The first kappa shape index (κ1) is 20.5. The maximum atomic E-state index is 11.9. The Kier molecular flexibility index (Phi) is 6.46. The van der Waals surface area contributed by atoms with E-state index in [1.54, 1.807) is 0 Å². The number of nitrogens with one attached hydrogen (secondary N) is 1. The van der Waals surface area contributed by atoms with Gasteiger partial charge in [0.1, 0.15) is 0 Å². The molecule has 5 nitrogen and oxygen atoms in total. The molecule has 1 aromatic carbocycles. The van der Waals surface area contributed by atoms with Crippen LogP contribution in [0.5, 0.6) is 0 Å². The summed E-state index contributed by atoms with van der Waals surface area (Å²) in [4.78, 5) is 11.9. The second-order valence-corrected chi connectivity index (χ2v) is 9.15. The highest BCUT2D eigenvalue weighted by molar-refractivity contribution is 7.99. The number of amides is 1. The zero-order valence-electron chi connectivity index (χ0n) is 16.9. The fraction of sp³-hybridized carbons (Fsp3) is 0.500. The van der Waals surface area contributed by atoms with Crippen LogP contribution in [0.15, 0.2) is 29.4 Å². The third kappa shape index (κ3) is 4.77. The molecule has 0 saturated heterocycles. The lowest BCUT2D eigenvalue weighted by atomic mass is 9.86. The number of carbonyl (C=O) groups excluding carboxylic acids is 1. The Morgan fingerprint density at radius 2 is 1.93 bits per heavy atom. The van der Waals surface area contributed by atoms with Gasteiger partial charge in [0.25, 0.3) is 0 Å². The molecular weight excluding hydrogens is 368 g/mol. The maximum Gasteiger partial charge on any atom is 0.231 e. The van der Waals surface area contributed by atoms with Gasteiger partial charge < -0.3 is 5.32 Å². The smallest absolute Gasteiger partial charge is 0.231 e. The second kappa shape index (κ2) is 8.83. The van der Waals surface area contributed by atoms with Crippen LogP contribution >= 0.6 is 11.8 Å². The van der Waals surface area contributed by atoms with Crippen LogP contribution in [-0.2, 0) is 10.2 Å². The first-order valence-electron chi connectivity index (χ1n) is 9.79. The Morgan fingerprint density at radius 1 is 1.25 bits per heavy atom. The molecule has 1 heterocycles. The summed E-state index contributed by atoms with van der Waals surface area (Å²) in [5.74, 6) is 3.51. The van der Waals surface area contributed by atoms with E-state index in [1.807, 2.05) is 0 Å². The SMILES string of the molecule is C#CCNC(=O)CSc1nnc(-c2ccc(C(C)(C)C)cc2)n1C1CCCC1. The molecule has 1 aliphatic rings. The van der Waals surface area contributed by atoms with E-state index >= 15 is 0 Å². The average molecular weight is 397 g/mol. The predicted octanol–water partition coefficient (Wildman–Crippen LogP) is 4.20. The lowest BCUT2D eigenvalue weighted by Gasteiger charge is -2.20. The van der Waals surface area contributed by atoms with Gasteiger partial charge >= 0.3 is 0 Å². The molecule has 1 fully saturated rings. The Bertz CT molecular complexity index is 852. The molecule has 0 unspecified atom stereocenters. The van der Waals surface area contributed by atoms with Gasteiger partial charge in [-0.2, -0.15) is 0 Å². The van der Waals surface area contributed by atoms with Crippen molar-refractivity contribution in [3.05, 3.63) is 29.8 Å². The molecular formula is C22H28N4OS. The van der Waals surface area contributed by atoms with Gasteiger partial charge in [-0.3, -0.25) is 9.36 Å². The first-order chi connectivity index (χ1) is 13.4. The molecule has 1 saturated carbocycles. The van der Waals surface area contributed by atoms with Crippen LogP contribution in [0.25, 0.3) is 11.4 Å². The van der Waals surface area contributed by atoms with Crippen molar-refractivity contribution in [3.8, 4) is 23.7 Å². The Balaban J connectivity index is 1.86.